The third-order valence-corrected chi connectivity index (χ3v) is 2.43. The van der Waals surface area contributed by atoms with E-state index in [1.807, 2.05) is 39.8 Å². The van der Waals surface area contributed by atoms with Crippen LogP contribution >= 0.6 is 0 Å². The molecule has 0 aliphatic carbocycles. The van der Waals surface area contributed by atoms with Crippen molar-refractivity contribution >= 4 is 0 Å². The highest BCUT2D eigenvalue weighted by atomic mass is 16.3. The molecule has 0 saturated carbocycles. The zero-order chi connectivity index (χ0) is 10.9. The Labute approximate surface area is 85.8 Å². The lowest BCUT2D eigenvalue weighted by Crippen LogP contribution is -2.34. The smallest absolute Gasteiger partial charge is 0.122 e. The fourth-order valence-corrected chi connectivity index (χ4v) is 1.49. The Balaban J connectivity index is 3.06. The average Bonchev–Trinajstić information content (AvgIpc) is 2.04. The number of aryl methyl sites for hydroxylation is 1. The number of phenols is 1. The van der Waals surface area contributed by atoms with E-state index >= 15 is 0 Å². The zero-order valence-corrected chi connectivity index (χ0v) is 9.39. The highest BCUT2D eigenvalue weighted by Gasteiger charge is 2.15. The average molecular weight is 193 g/mol. The van der Waals surface area contributed by atoms with Crippen LogP contribution in [0.1, 0.15) is 30.5 Å². The summed E-state index contributed by atoms with van der Waals surface area (Å²) in [6.45, 7) is 7.84. The molecule has 0 atom stereocenters. The van der Waals surface area contributed by atoms with Crippen LogP contribution in [0.3, 0.4) is 0 Å². The summed E-state index contributed by atoms with van der Waals surface area (Å²) in [5.41, 5.74) is 8.63. The van der Waals surface area contributed by atoms with Gasteiger partial charge in [0.1, 0.15) is 5.75 Å². The van der Waals surface area contributed by atoms with E-state index in [0.717, 1.165) is 16.7 Å². The summed E-state index contributed by atoms with van der Waals surface area (Å²) in [5, 5.41) is 9.89. The molecule has 1 aromatic carbocycles. The van der Waals surface area contributed by atoms with Gasteiger partial charge >= 0.3 is 0 Å². The number of nitrogens with two attached hydrogens (primary N) is 1. The Morgan fingerprint density at radius 1 is 1.29 bits per heavy atom. The van der Waals surface area contributed by atoms with Crippen molar-refractivity contribution in [3.8, 4) is 5.75 Å². The van der Waals surface area contributed by atoms with Crippen LogP contribution in [0.4, 0.5) is 0 Å². The van der Waals surface area contributed by atoms with Crippen LogP contribution < -0.4 is 5.73 Å². The van der Waals surface area contributed by atoms with Crippen LogP contribution in [0.25, 0.3) is 0 Å². The van der Waals surface area contributed by atoms with E-state index < -0.39 is 0 Å². The summed E-state index contributed by atoms with van der Waals surface area (Å²) in [4.78, 5) is 0. The van der Waals surface area contributed by atoms with Gasteiger partial charge in [0.25, 0.3) is 0 Å². The molecule has 2 nitrogen and oxygen atoms in total. The Kier molecular flexibility index (Phi) is 2.86. The van der Waals surface area contributed by atoms with Crippen LogP contribution in [0.5, 0.6) is 5.75 Å². The predicted molar refractivity (Wildman–Crippen MR) is 59.6 cm³/mol. The zero-order valence-electron chi connectivity index (χ0n) is 9.39. The van der Waals surface area contributed by atoms with E-state index in [0.29, 0.717) is 12.2 Å². The molecule has 0 radical (unpaired) electrons. The summed E-state index contributed by atoms with van der Waals surface area (Å²) < 4.78 is 0. The van der Waals surface area contributed by atoms with Crippen molar-refractivity contribution in [1.29, 1.82) is 0 Å². The number of benzene rings is 1. The minimum atomic E-state index is -0.279. The number of rotatable bonds is 2. The van der Waals surface area contributed by atoms with E-state index in [4.69, 9.17) is 5.73 Å². The Hall–Kier alpha value is -1.02. The summed E-state index contributed by atoms with van der Waals surface area (Å²) in [5.74, 6) is 0.392. The van der Waals surface area contributed by atoms with Gasteiger partial charge in [0, 0.05) is 5.54 Å². The molecule has 0 heterocycles. The highest BCUT2D eigenvalue weighted by molar-refractivity contribution is 5.44. The third kappa shape index (κ3) is 2.48. The molecule has 0 fully saturated rings. The number of aromatic hydroxyl groups is 1. The second-order valence-corrected chi connectivity index (χ2v) is 4.68. The maximum absolute atomic E-state index is 9.89. The summed E-state index contributed by atoms with van der Waals surface area (Å²) in [6, 6.07) is 3.97. The molecule has 0 spiro atoms. The van der Waals surface area contributed by atoms with Crippen LogP contribution in [0, 0.1) is 13.8 Å². The second kappa shape index (κ2) is 3.62. The van der Waals surface area contributed by atoms with E-state index in [9.17, 15) is 5.11 Å². The van der Waals surface area contributed by atoms with E-state index in [-0.39, 0.29) is 5.54 Å². The van der Waals surface area contributed by atoms with Crippen molar-refractivity contribution in [2.75, 3.05) is 0 Å². The number of phenolic OH excluding ortho intramolecular Hbond substituents is 1. The maximum Gasteiger partial charge on any atom is 0.122 e. The SMILES string of the molecule is Cc1ccc(CC(C)(C)N)c(O)c1C. The first kappa shape index (κ1) is 11.1. The van der Waals surface area contributed by atoms with Crippen molar-refractivity contribution in [3.63, 3.8) is 0 Å². The second-order valence-electron chi connectivity index (χ2n) is 4.68. The van der Waals surface area contributed by atoms with Crippen molar-refractivity contribution < 1.29 is 5.11 Å². The molecule has 78 valence electrons. The molecule has 0 aromatic heterocycles. The lowest BCUT2D eigenvalue weighted by atomic mass is 9.93. The number of hydrogen-bond donors (Lipinski definition) is 2. The van der Waals surface area contributed by atoms with Crippen molar-refractivity contribution in [1.82, 2.24) is 0 Å². The van der Waals surface area contributed by atoms with Crippen molar-refractivity contribution in [2.24, 2.45) is 5.73 Å². The van der Waals surface area contributed by atoms with Gasteiger partial charge in [-0.3, -0.25) is 0 Å². The summed E-state index contributed by atoms with van der Waals surface area (Å²) >= 11 is 0. The molecule has 0 bridgehead atoms. The first-order valence-electron chi connectivity index (χ1n) is 4.88. The fourth-order valence-electron chi connectivity index (χ4n) is 1.49. The fraction of sp³-hybridized carbons (Fsp3) is 0.500. The quantitative estimate of drug-likeness (QED) is 0.757. The van der Waals surface area contributed by atoms with Crippen molar-refractivity contribution in [2.45, 2.75) is 39.7 Å². The molecule has 0 aliphatic rings. The van der Waals surface area contributed by atoms with Crippen LogP contribution in [-0.2, 0) is 6.42 Å². The van der Waals surface area contributed by atoms with Gasteiger partial charge in [-0.25, -0.2) is 0 Å². The normalized spacial score (nSPS) is 11.8. The molecule has 14 heavy (non-hydrogen) atoms. The van der Waals surface area contributed by atoms with E-state index in [2.05, 4.69) is 0 Å². The lowest BCUT2D eigenvalue weighted by molar-refractivity contribution is 0.446. The van der Waals surface area contributed by atoms with Gasteiger partial charge in [0.05, 0.1) is 0 Å². The van der Waals surface area contributed by atoms with Gasteiger partial charge in [0.2, 0.25) is 0 Å². The molecule has 1 aromatic rings. The summed E-state index contributed by atoms with van der Waals surface area (Å²) in [7, 11) is 0. The van der Waals surface area contributed by atoms with Gasteiger partial charge in [-0.1, -0.05) is 12.1 Å². The molecular formula is C12H19NO. The van der Waals surface area contributed by atoms with Gasteiger partial charge in [-0.2, -0.15) is 0 Å². The Morgan fingerprint density at radius 3 is 2.36 bits per heavy atom. The molecule has 2 heteroatoms. The lowest BCUT2D eigenvalue weighted by Gasteiger charge is -2.20. The molecular weight excluding hydrogens is 174 g/mol. The molecule has 1 rings (SSSR count). The minimum Gasteiger partial charge on any atom is -0.507 e. The van der Waals surface area contributed by atoms with E-state index in [1.54, 1.807) is 0 Å². The van der Waals surface area contributed by atoms with Gasteiger partial charge in [-0.15, -0.1) is 0 Å². The van der Waals surface area contributed by atoms with Crippen LogP contribution in [-0.4, -0.2) is 10.6 Å². The van der Waals surface area contributed by atoms with Crippen molar-refractivity contribution in [3.05, 3.63) is 28.8 Å². The van der Waals surface area contributed by atoms with Crippen LogP contribution in [0.2, 0.25) is 0 Å². The monoisotopic (exact) mass is 193 g/mol. The molecule has 0 saturated heterocycles. The predicted octanol–water partition coefficient (Wildman–Crippen LogP) is 2.29. The first-order valence-corrected chi connectivity index (χ1v) is 4.88. The minimum absolute atomic E-state index is 0.279. The third-order valence-electron chi connectivity index (χ3n) is 2.43. The topological polar surface area (TPSA) is 46.2 Å². The largest absolute Gasteiger partial charge is 0.507 e. The molecule has 0 aliphatic heterocycles. The van der Waals surface area contributed by atoms with Crippen LogP contribution in [0.15, 0.2) is 12.1 Å². The maximum atomic E-state index is 9.89. The molecule has 0 amide bonds. The van der Waals surface area contributed by atoms with Gasteiger partial charge < -0.3 is 10.8 Å². The Morgan fingerprint density at radius 2 is 1.86 bits per heavy atom. The number of hydrogen-bond acceptors (Lipinski definition) is 2. The standard InChI is InChI=1S/C12H19NO/c1-8-5-6-10(7-12(3,4)13)11(14)9(8)2/h5-6,14H,7,13H2,1-4H3. The summed E-state index contributed by atoms with van der Waals surface area (Å²) in [6.07, 6.45) is 0.694. The molecule has 0 unspecified atom stereocenters. The molecule has 3 N–H and O–H groups in total. The van der Waals surface area contributed by atoms with Gasteiger partial charge in [-0.05, 0) is 50.8 Å². The van der Waals surface area contributed by atoms with Gasteiger partial charge in [0.15, 0.2) is 0 Å². The van der Waals surface area contributed by atoms with E-state index in [1.165, 1.54) is 0 Å². The Bertz CT molecular complexity index is 337. The highest BCUT2D eigenvalue weighted by Crippen LogP contribution is 2.27. The first-order chi connectivity index (χ1) is 6.31.